The Morgan fingerprint density at radius 1 is 1.10 bits per heavy atom. The highest BCUT2D eigenvalue weighted by atomic mass is 19.4. The van der Waals surface area contributed by atoms with Crippen molar-refractivity contribution in [1.29, 1.82) is 0 Å². The standard InChI is InChI=1S/C24H27F3N2O/c1-3-4-7-13-28-23(30)15-20(17-9-8-10-18(14-17)24(25,26)27)21-16-29(2)22-12-6-5-11-19(21)22/h5-6,8-12,14,16,20H,3-4,7,13,15H2,1-2H3,(H,28,30)/t20-/m0/s1. The van der Waals surface area contributed by atoms with Crippen molar-refractivity contribution in [2.24, 2.45) is 7.05 Å². The van der Waals surface area contributed by atoms with Gasteiger partial charge in [0, 0.05) is 43.0 Å². The molecule has 3 aromatic rings. The quantitative estimate of drug-likeness (QED) is 0.447. The Morgan fingerprint density at radius 2 is 1.87 bits per heavy atom. The lowest BCUT2D eigenvalue weighted by Crippen LogP contribution is -2.26. The lowest BCUT2D eigenvalue weighted by Gasteiger charge is -2.19. The molecular formula is C24H27F3N2O. The monoisotopic (exact) mass is 416 g/mol. The predicted octanol–water partition coefficient (Wildman–Crippen LogP) is 6.03. The van der Waals surface area contributed by atoms with Crippen molar-refractivity contribution in [2.75, 3.05) is 6.54 Å². The third-order valence-electron chi connectivity index (χ3n) is 5.41. The van der Waals surface area contributed by atoms with E-state index in [1.807, 2.05) is 42.1 Å². The number of alkyl halides is 3. The van der Waals surface area contributed by atoms with E-state index in [0.29, 0.717) is 12.1 Å². The lowest BCUT2D eigenvalue weighted by molar-refractivity contribution is -0.137. The summed E-state index contributed by atoms with van der Waals surface area (Å²) in [4.78, 5) is 12.6. The zero-order chi connectivity index (χ0) is 21.7. The molecule has 1 atom stereocenters. The van der Waals surface area contributed by atoms with Crippen LogP contribution in [-0.4, -0.2) is 17.0 Å². The van der Waals surface area contributed by atoms with E-state index in [0.717, 1.165) is 47.9 Å². The average molecular weight is 416 g/mol. The number of nitrogens with one attached hydrogen (secondary N) is 1. The van der Waals surface area contributed by atoms with Gasteiger partial charge in [0.1, 0.15) is 0 Å². The molecule has 0 unspecified atom stereocenters. The Hall–Kier alpha value is -2.76. The Morgan fingerprint density at radius 3 is 2.60 bits per heavy atom. The van der Waals surface area contributed by atoms with Gasteiger partial charge in [0.15, 0.2) is 0 Å². The zero-order valence-electron chi connectivity index (χ0n) is 17.3. The van der Waals surface area contributed by atoms with Crippen LogP contribution >= 0.6 is 0 Å². The molecule has 0 saturated heterocycles. The van der Waals surface area contributed by atoms with Gasteiger partial charge < -0.3 is 9.88 Å². The van der Waals surface area contributed by atoms with E-state index in [9.17, 15) is 18.0 Å². The Kier molecular flexibility index (Phi) is 6.85. The van der Waals surface area contributed by atoms with E-state index < -0.39 is 17.7 Å². The molecule has 6 heteroatoms. The van der Waals surface area contributed by atoms with Crippen LogP contribution in [0.25, 0.3) is 10.9 Å². The zero-order valence-corrected chi connectivity index (χ0v) is 17.3. The van der Waals surface area contributed by atoms with Crippen LogP contribution in [0.5, 0.6) is 0 Å². The summed E-state index contributed by atoms with van der Waals surface area (Å²) in [5.41, 5.74) is 1.63. The molecule has 0 aliphatic carbocycles. The van der Waals surface area contributed by atoms with Crippen LogP contribution in [0.3, 0.4) is 0 Å². The number of unbranched alkanes of at least 4 members (excludes halogenated alkanes) is 2. The van der Waals surface area contributed by atoms with Gasteiger partial charge in [0.05, 0.1) is 5.56 Å². The maximum Gasteiger partial charge on any atom is 0.416 e. The molecule has 0 aliphatic heterocycles. The second kappa shape index (κ2) is 9.37. The molecule has 0 aliphatic rings. The number of carbonyl (C=O) groups excluding carboxylic acids is 1. The van der Waals surface area contributed by atoms with Gasteiger partial charge in [-0.2, -0.15) is 13.2 Å². The summed E-state index contributed by atoms with van der Waals surface area (Å²) in [7, 11) is 1.90. The summed E-state index contributed by atoms with van der Waals surface area (Å²) >= 11 is 0. The highest BCUT2D eigenvalue weighted by Crippen LogP contribution is 2.37. The second-order valence-electron chi connectivity index (χ2n) is 7.65. The summed E-state index contributed by atoms with van der Waals surface area (Å²) in [5, 5.41) is 3.86. The largest absolute Gasteiger partial charge is 0.416 e. The first-order valence-corrected chi connectivity index (χ1v) is 10.3. The van der Waals surface area contributed by atoms with Gasteiger partial charge in [-0.25, -0.2) is 0 Å². The number of hydrogen-bond acceptors (Lipinski definition) is 1. The number of benzene rings is 2. The van der Waals surface area contributed by atoms with Gasteiger partial charge in [-0.15, -0.1) is 0 Å². The van der Waals surface area contributed by atoms with Crippen LogP contribution in [0.15, 0.2) is 54.7 Å². The summed E-state index contributed by atoms with van der Waals surface area (Å²) < 4.78 is 41.9. The average Bonchev–Trinajstić information content (AvgIpc) is 3.05. The van der Waals surface area contributed by atoms with Crippen LogP contribution in [-0.2, 0) is 18.0 Å². The molecule has 1 N–H and O–H groups in total. The first-order valence-electron chi connectivity index (χ1n) is 10.3. The normalized spacial score (nSPS) is 12.8. The third-order valence-corrected chi connectivity index (χ3v) is 5.41. The van der Waals surface area contributed by atoms with E-state index in [2.05, 4.69) is 12.2 Å². The number of nitrogens with zero attached hydrogens (tertiary/aromatic N) is 1. The molecule has 2 aromatic carbocycles. The minimum Gasteiger partial charge on any atom is -0.356 e. The number of carbonyl (C=O) groups is 1. The molecule has 3 rings (SSSR count). The number of aromatic nitrogens is 1. The smallest absolute Gasteiger partial charge is 0.356 e. The van der Waals surface area contributed by atoms with Crippen molar-refractivity contribution in [3.63, 3.8) is 0 Å². The minimum atomic E-state index is -4.43. The molecule has 0 fully saturated rings. The topological polar surface area (TPSA) is 34.0 Å². The first-order chi connectivity index (χ1) is 14.3. The predicted molar refractivity (Wildman–Crippen MR) is 113 cm³/mol. The Balaban J connectivity index is 1.98. The van der Waals surface area contributed by atoms with Crippen molar-refractivity contribution in [3.05, 3.63) is 71.4 Å². The van der Waals surface area contributed by atoms with Gasteiger partial charge in [-0.3, -0.25) is 4.79 Å². The SMILES string of the molecule is CCCCCNC(=O)C[C@@H](c1cccc(C(F)(F)F)c1)c1cn(C)c2ccccc12. The van der Waals surface area contributed by atoms with Gasteiger partial charge in [0.25, 0.3) is 0 Å². The van der Waals surface area contributed by atoms with Crippen LogP contribution in [0.2, 0.25) is 0 Å². The summed E-state index contributed by atoms with van der Waals surface area (Å²) in [5.74, 6) is -0.619. The van der Waals surface area contributed by atoms with E-state index in [1.165, 1.54) is 6.07 Å². The number of amides is 1. The summed E-state index contributed by atoms with van der Waals surface area (Å²) in [6.45, 7) is 2.67. The lowest BCUT2D eigenvalue weighted by atomic mass is 9.87. The maximum absolute atomic E-state index is 13.3. The third kappa shape index (κ3) is 5.04. The molecule has 0 radical (unpaired) electrons. The second-order valence-corrected chi connectivity index (χ2v) is 7.65. The number of para-hydroxylation sites is 1. The number of rotatable bonds is 8. The maximum atomic E-state index is 13.3. The Labute approximate surface area is 174 Å². The van der Waals surface area contributed by atoms with Crippen LogP contribution in [0, 0.1) is 0 Å². The summed E-state index contributed by atoms with van der Waals surface area (Å²) in [6, 6.07) is 13.1. The molecule has 30 heavy (non-hydrogen) atoms. The van der Waals surface area contributed by atoms with Crippen molar-refractivity contribution in [3.8, 4) is 0 Å². The number of fused-ring (bicyclic) bond motifs is 1. The van der Waals surface area contributed by atoms with Crippen LogP contribution < -0.4 is 5.32 Å². The highest BCUT2D eigenvalue weighted by molar-refractivity contribution is 5.86. The van der Waals surface area contributed by atoms with Crippen LogP contribution in [0.4, 0.5) is 13.2 Å². The van der Waals surface area contributed by atoms with E-state index >= 15 is 0 Å². The van der Waals surface area contributed by atoms with E-state index in [1.54, 1.807) is 6.07 Å². The van der Waals surface area contributed by atoms with Crippen molar-refractivity contribution < 1.29 is 18.0 Å². The highest BCUT2D eigenvalue weighted by Gasteiger charge is 2.32. The van der Waals surface area contributed by atoms with Crippen LogP contribution in [0.1, 0.15) is 55.2 Å². The molecule has 1 amide bonds. The molecule has 3 nitrogen and oxygen atoms in total. The number of aryl methyl sites for hydroxylation is 1. The number of halogens is 3. The Bertz CT molecular complexity index is 1010. The molecular weight excluding hydrogens is 389 g/mol. The first kappa shape index (κ1) is 21.9. The molecule has 160 valence electrons. The molecule has 0 bridgehead atoms. The van der Waals surface area contributed by atoms with Gasteiger partial charge in [-0.05, 0) is 29.7 Å². The van der Waals surface area contributed by atoms with Gasteiger partial charge >= 0.3 is 6.18 Å². The van der Waals surface area contributed by atoms with Crippen molar-refractivity contribution in [1.82, 2.24) is 9.88 Å². The van der Waals surface area contributed by atoms with E-state index in [4.69, 9.17) is 0 Å². The van der Waals surface area contributed by atoms with Crippen molar-refractivity contribution in [2.45, 2.75) is 44.7 Å². The number of hydrogen-bond donors (Lipinski definition) is 1. The fourth-order valence-electron chi connectivity index (χ4n) is 3.85. The fourth-order valence-corrected chi connectivity index (χ4v) is 3.85. The van der Waals surface area contributed by atoms with E-state index in [-0.39, 0.29) is 12.3 Å². The minimum absolute atomic E-state index is 0.0987. The molecule has 0 saturated carbocycles. The van der Waals surface area contributed by atoms with Gasteiger partial charge in [0.2, 0.25) is 5.91 Å². The molecule has 1 heterocycles. The van der Waals surface area contributed by atoms with Gasteiger partial charge in [-0.1, -0.05) is 56.2 Å². The van der Waals surface area contributed by atoms with Crippen molar-refractivity contribution >= 4 is 16.8 Å². The molecule has 0 spiro atoms. The molecule has 1 aromatic heterocycles. The summed E-state index contributed by atoms with van der Waals surface area (Å²) in [6.07, 6.45) is 0.563. The fraction of sp³-hybridized carbons (Fsp3) is 0.375.